The van der Waals surface area contributed by atoms with E-state index in [1.54, 1.807) is 0 Å². The van der Waals surface area contributed by atoms with Gasteiger partial charge in [0.1, 0.15) is 0 Å². The third kappa shape index (κ3) is 6.98. The van der Waals surface area contributed by atoms with E-state index in [0.717, 1.165) is 57.9 Å². The number of hydrogen-bond donors (Lipinski definition) is 3. The molecule has 3 N–H and O–H groups in total. The molecule has 1 aromatic carbocycles. The Balaban J connectivity index is 1.44. The quantitative estimate of drug-likeness (QED) is 0.458. The van der Waals surface area contributed by atoms with Crippen molar-refractivity contribution < 1.29 is 5.11 Å². The van der Waals surface area contributed by atoms with Crippen molar-refractivity contribution in [1.82, 2.24) is 20.4 Å². The summed E-state index contributed by atoms with van der Waals surface area (Å²) in [5.74, 6) is 0.837. The van der Waals surface area contributed by atoms with Crippen molar-refractivity contribution in [2.45, 2.75) is 58.2 Å². The minimum atomic E-state index is -0.442. The van der Waals surface area contributed by atoms with Gasteiger partial charge < -0.3 is 20.6 Å². The standard InChI is InChI=1S/C23H39N5O/c1-3-12-27-14-10-21(11-15-27)26-23(24-4-2)25-16-22(29)18-28-13-9-19-7-5-6-8-20(19)17-28/h5-8,21-22,29H,3-4,9-18H2,1-2H3,(H2,24,25,26). The van der Waals surface area contributed by atoms with Crippen LogP contribution >= 0.6 is 0 Å². The Hall–Kier alpha value is -1.63. The average molecular weight is 402 g/mol. The van der Waals surface area contributed by atoms with Crippen molar-refractivity contribution in [3.63, 3.8) is 0 Å². The minimum absolute atomic E-state index is 0.433. The molecule has 0 radical (unpaired) electrons. The Bertz CT molecular complexity index is 642. The summed E-state index contributed by atoms with van der Waals surface area (Å²) in [5.41, 5.74) is 2.83. The highest BCUT2D eigenvalue weighted by molar-refractivity contribution is 5.80. The number of guanidine groups is 1. The van der Waals surface area contributed by atoms with Crippen LogP contribution in [0.1, 0.15) is 44.2 Å². The summed E-state index contributed by atoms with van der Waals surface area (Å²) in [6.45, 7) is 11.7. The first-order valence-corrected chi connectivity index (χ1v) is 11.4. The zero-order chi connectivity index (χ0) is 20.5. The van der Waals surface area contributed by atoms with E-state index in [9.17, 15) is 5.11 Å². The Labute approximate surface area is 176 Å². The maximum atomic E-state index is 10.6. The lowest BCUT2D eigenvalue weighted by molar-refractivity contribution is 0.111. The summed E-state index contributed by atoms with van der Waals surface area (Å²) in [6.07, 6.45) is 4.15. The molecular formula is C23H39N5O. The van der Waals surface area contributed by atoms with Gasteiger partial charge in [-0.15, -0.1) is 0 Å². The third-order valence-electron chi connectivity index (χ3n) is 5.95. The van der Waals surface area contributed by atoms with Crippen LogP contribution in [0.15, 0.2) is 29.3 Å². The minimum Gasteiger partial charge on any atom is -0.390 e. The molecule has 1 aromatic rings. The van der Waals surface area contributed by atoms with Gasteiger partial charge in [0, 0.05) is 45.3 Å². The van der Waals surface area contributed by atoms with E-state index >= 15 is 0 Å². The van der Waals surface area contributed by atoms with Gasteiger partial charge in [-0.3, -0.25) is 9.89 Å². The molecule has 1 atom stereocenters. The van der Waals surface area contributed by atoms with Crippen LogP contribution in [-0.4, -0.2) is 78.8 Å². The van der Waals surface area contributed by atoms with Crippen LogP contribution < -0.4 is 10.6 Å². The van der Waals surface area contributed by atoms with E-state index in [1.165, 1.54) is 24.1 Å². The summed E-state index contributed by atoms with van der Waals surface area (Å²) < 4.78 is 0. The molecule has 6 heteroatoms. The van der Waals surface area contributed by atoms with Gasteiger partial charge in [-0.1, -0.05) is 31.2 Å². The second kappa shape index (κ2) is 11.5. The second-order valence-corrected chi connectivity index (χ2v) is 8.39. The van der Waals surface area contributed by atoms with E-state index in [4.69, 9.17) is 0 Å². The topological polar surface area (TPSA) is 63.1 Å². The predicted molar refractivity (Wildman–Crippen MR) is 120 cm³/mol. The van der Waals surface area contributed by atoms with Gasteiger partial charge in [0.25, 0.3) is 0 Å². The number of piperidine rings is 1. The molecule has 2 heterocycles. The number of nitrogens with one attached hydrogen (secondary N) is 2. The zero-order valence-electron chi connectivity index (χ0n) is 18.2. The summed E-state index contributed by atoms with van der Waals surface area (Å²) in [5, 5.41) is 17.5. The Morgan fingerprint density at radius 1 is 1.14 bits per heavy atom. The van der Waals surface area contributed by atoms with Gasteiger partial charge in [-0.25, -0.2) is 0 Å². The zero-order valence-corrected chi connectivity index (χ0v) is 18.2. The summed E-state index contributed by atoms with van der Waals surface area (Å²) >= 11 is 0. The molecule has 2 aliphatic rings. The highest BCUT2D eigenvalue weighted by Crippen LogP contribution is 2.18. The van der Waals surface area contributed by atoms with Gasteiger partial charge in [-0.2, -0.15) is 0 Å². The molecule has 1 unspecified atom stereocenters. The number of nitrogens with zero attached hydrogens (tertiary/aromatic N) is 3. The van der Waals surface area contributed by atoms with Gasteiger partial charge in [0.05, 0.1) is 12.6 Å². The molecular weight excluding hydrogens is 362 g/mol. The van der Waals surface area contributed by atoms with Gasteiger partial charge in [0.15, 0.2) is 5.96 Å². The molecule has 0 bridgehead atoms. The molecule has 1 fully saturated rings. The lowest BCUT2D eigenvalue weighted by Gasteiger charge is -2.33. The molecule has 2 aliphatic heterocycles. The van der Waals surface area contributed by atoms with Crippen LogP contribution in [0.5, 0.6) is 0 Å². The number of aliphatic hydroxyl groups is 1. The summed E-state index contributed by atoms with van der Waals surface area (Å²) in [4.78, 5) is 9.56. The molecule has 6 nitrogen and oxygen atoms in total. The van der Waals surface area contributed by atoms with Crippen LogP contribution in [0.4, 0.5) is 0 Å². The molecule has 29 heavy (non-hydrogen) atoms. The van der Waals surface area contributed by atoms with E-state index in [1.807, 2.05) is 0 Å². The molecule has 0 aromatic heterocycles. The van der Waals surface area contributed by atoms with Crippen LogP contribution in [0.3, 0.4) is 0 Å². The number of β-amino-alcohol motifs (C(OH)–C–C–N with tert-alkyl or cyclic N) is 1. The number of aliphatic imine (C=N–C) groups is 1. The maximum absolute atomic E-state index is 10.6. The van der Waals surface area contributed by atoms with Gasteiger partial charge >= 0.3 is 0 Å². The van der Waals surface area contributed by atoms with Crippen molar-refractivity contribution in [1.29, 1.82) is 0 Å². The van der Waals surface area contributed by atoms with Crippen molar-refractivity contribution in [3.8, 4) is 0 Å². The first kappa shape index (κ1) is 22.1. The van der Waals surface area contributed by atoms with Crippen molar-refractivity contribution in [2.24, 2.45) is 4.99 Å². The summed E-state index contributed by atoms with van der Waals surface area (Å²) in [6, 6.07) is 9.10. The largest absolute Gasteiger partial charge is 0.390 e. The first-order valence-electron chi connectivity index (χ1n) is 11.4. The molecule has 162 valence electrons. The number of rotatable bonds is 8. The van der Waals surface area contributed by atoms with Crippen LogP contribution in [0, 0.1) is 0 Å². The fourth-order valence-electron chi connectivity index (χ4n) is 4.39. The van der Waals surface area contributed by atoms with Crippen LogP contribution in [-0.2, 0) is 13.0 Å². The molecule has 0 aliphatic carbocycles. The van der Waals surface area contributed by atoms with E-state index < -0.39 is 6.10 Å². The number of aliphatic hydroxyl groups excluding tert-OH is 1. The van der Waals surface area contributed by atoms with Crippen LogP contribution in [0.25, 0.3) is 0 Å². The summed E-state index contributed by atoms with van der Waals surface area (Å²) in [7, 11) is 0. The van der Waals surface area contributed by atoms with Crippen molar-refractivity contribution in [3.05, 3.63) is 35.4 Å². The van der Waals surface area contributed by atoms with Crippen molar-refractivity contribution in [2.75, 3.05) is 45.8 Å². The lowest BCUT2D eigenvalue weighted by Crippen LogP contribution is -2.49. The molecule has 0 amide bonds. The maximum Gasteiger partial charge on any atom is 0.191 e. The van der Waals surface area contributed by atoms with Crippen molar-refractivity contribution >= 4 is 5.96 Å². The lowest BCUT2D eigenvalue weighted by atomic mass is 10.00. The number of benzene rings is 1. The third-order valence-corrected chi connectivity index (χ3v) is 5.95. The predicted octanol–water partition coefficient (Wildman–Crippen LogP) is 1.84. The van der Waals surface area contributed by atoms with E-state index in [2.05, 4.69) is 63.5 Å². The monoisotopic (exact) mass is 401 g/mol. The number of hydrogen-bond acceptors (Lipinski definition) is 4. The Kier molecular flexibility index (Phi) is 8.77. The highest BCUT2D eigenvalue weighted by atomic mass is 16.3. The number of likely N-dealkylation sites (tertiary alicyclic amines) is 1. The highest BCUT2D eigenvalue weighted by Gasteiger charge is 2.20. The van der Waals surface area contributed by atoms with Gasteiger partial charge in [0.2, 0.25) is 0 Å². The average Bonchev–Trinajstić information content (AvgIpc) is 2.74. The van der Waals surface area contributed by atoms with E-state index in [0.29, 0.717) is 19.1 Å². The fraction of sp³-hybridized carbons (Fsp3) is 0.696. The molecule has 0 spiro atoms. The number of fused-ring (bicyclic) bond motifs is 1. The smallest absolute Gasteiger partial charge is 0.191 e. The van der Waals surface area contributed by atoms with Crippen LogP contribution in [0.2, 0.25) is 0 Å². The normalized spacial score (nSPS) is 20.3. The second-order valence-electron chi connectivity index (χ2n) is 8.39. The Morgan fingerprint density at radius 2 is 1.90 bits per heavy atom. The molecule has 0 saturated carbocycles. The van der Waals surface area contributed by atoms with E-state index in [-0.39, 0.29) is 0 Å². The SMILES string of the molecule is CCCN1CCC(NC(=NCC(O)CN2CCc3ccccc3C2)NCC)CC1. The fourth-order valence-corrected chi connectivity index (χ4v) is 4.39. The van der Waals surface area contributed by atoms with Gasteiger partial charge in [-0.05, 0) is 50.3 Å². The molecule has 3 rings (SSSR count). The molecule has 1 saturated heterocycles. The Morgan fingerprint density at radius 3 is 2.62 bits per heavy atom. The first-order chi connectivity index (χ1) is 14.2.